The molecule has 0 aliphatic heterocycles. The van der Waals surface area contributed by atoms with Crippen LogP contribution in [0.15, 0.2) is 53.4 Å². The number of carbonyl (C=O) groups is 1. The first kappa shape index (κ1) is 27.5. The van der Waals surface area contributed by atoms with Crippen molar-refractivity contribution in [2.24, 2.45) is 11.7 Å². The lowest BCUT2D eigenvalue weighted by atomic mass is 9.99. The van der Waals surface area contributed by atoms with Crippen LogP contribution in [0.3, 0.4) is 0 Å². The number of ether oxygens (including phenoxy) is 1. The number of hydrogen-bond acceptors (Lipinski definition) is 8. The maximum absolute atomic E-state index is 13.1. The first-order valence-corrected chi connectivity index (χ1v) is 13.6. The first-order valence-electron chi connectivity index (χ1n) is 12.1. The number of nitrogens with zero attached hydrogens (tertiary/aromatic N) is 2. The van der Waals surface area contributed by atoms with E-state index in [1.165, 1.54) is 18.2 Å². The van der Waals surface area contributed by atoms with Crippen molar-refractivity contribution in [1.82, 2.24) is 9.97 Å². The molecule has 11 heteroatoms. The maximum Gasteiger partial charge on any atom is 0.335 e. The summed E-state index contributed by atoms with van der Waals surface area (Å²) in [6.07, 6.45) is 1.22. The molecule has 1 aliphatic rings. The van der Waals surface area contributed by atoms with E-state index in [1.807, 2.05) is 32.0 Å². The van der Waals surface area contributed by atoms with Crippen LogP contribution >= 0.6 is 0 Å². The first-order chi connectivity index (χ1) is 17.7. The number of sulfonamides is 1. The van der Waals surface area contributed by atoms with Gasteiger partial charge in [-0.25, -0.2) is 22.9 Å². The smallest absolute Gasteiger partial charge is 0.335 e. The van der Waals surface area contributed by atoms with Gasteiger partial charge in [-0.2, -0.15) is 4.98 Å². The third-order valence-electron chi connectivity index (χ3n) is 6.57. The molecule has 1 aromatic heterocycles. The number of nitrogens with two attached hydrogens (primary N) is 1. The molecule has 0 amide bonds. The molecular weight excluding hydrogens is 508 g/mol. The number of carboxylic acid groups (broad SMARTS) is 1. The zero-order chi connectivity index (χ0) is 27.9. The molecule has 2 unspecified atom stereocenters. The minimum atomic E-state index is -4.21. The number of benzene rings is 2. The Labute approximate surface area is 222 Å². The van der Waals surface area contributed by atoms with E-state index in [0.717, 1.165) is 22.8 Å². The standard InChI is InChI=1S/C27H32N4O6S/c1-16-7-5-8-17(2)23(16)21-12-22(37-15-27(28)14-19(27)13-26(3,4)34)30-25(29-21)31-38(35,36)20-10-6-9-18(11-20)24(32)33/h5-12,19,34H,13-15,28H2,1-4H3,(H,32,33)(H,29,30,31). The predicted molar refractivity (Wildman–Crippen MR) is 143 cm³/mol. The molecule has 1 fully saturated rings. The Balaban J connectivity index is 1.67. The highest BCUT2D eigenvalue weighted by Crippen LogP contribution is 2.46. The number of nitrogens with one attached hydrogen (secondary N) is 1. The van der Waals surface area contributed by atoms with E-state index in [0.29, 0.717) is 18.5 Å². The Bertz CT molecular complexity index is 1460. The van der Waals surface area contributed by atoms with Crippen molar-refractivity contribution < 1.29 is 28.2 Å². The van der Waals surface area contributed by atoms with Crippen molar-refractivity contribution in [1.29, 1.82) is 0 Å². The van der Waals surface area contributed by atoms with Gasteiger partial charge >= 0.3 is 5.97 Å². The average Bonchev–Trinajstić information content (AvgIpc) is 3.44. The molecule has 0 radical (unpaired) electrons. The number of hydrogen-bond donors (Lipinski definition) is 4. The summed E-state index contributed by atoms with van der Waals surface area (Å²) in [6.45, 7) is 7.44. The Morgan fingerprint density at radius 3 is 2.45 bits per heavy atom. The maximum atomic E-state index is 13.1. The van der Waals surface area contributed by atoms with Crippen LogP contribution in [-0.2, 0) is 10.0 Å². The van der Waals surface area contributed by atoms with Gasteiger partial charge in [-0.05, 0) is 75.8 Å². The molecule has 4 rings (SSSR count). The molecule has 0 saturated heterocycles. The fourth-order valence-electron chi connectivity index (χ4n) is 4.53. The van der Waals surface area contributed by atoms with Gasteiger partial charge in [0.25, 0.3) is 10.0 Å². The highest BCUT2D eigenvalue weighted by atomic mass is 32.2. The Kier molecular flexibility index (Phi) is 7.21. The van der Waals surface area contributed by atoms with E-state index in [9.17, 15) is 23.4 Å². The van der Waals surface area contributed by atoms with Crippen LogP contribution in [0.2, 0.25) is 0 Å². The average molecular weight is 541 g/mol. The molecule has 3 aromatic rings. The van der Waals surface area contributed by atoms with Crippen molar-refractivity contribution in [2.45, 2.75) is 56.6 Å². The molecule has 1 saturated carbocycles. The van der Waals surface area contributed by atoms with Gasteiger partial charge in [0.2, 0.25) is 11.8 Å². The molecule has 38 heavy (non-hydrogen) atoms. The second-order valence-corrected chi connectivity index (χ2v) is 12.2. The largest absolute Gasteiger partial charge is 0.478 e. The fraction of sp³-hybridized carbons (Fsp3) is 0.370. The number of aromatic carboxylic acids is 1. The number of aliphatic hydroxyl groups is 1. The van der Waals surface area contributed by atoms with Crippen molar-refractivity contribution in [2.75, 3.05) is 11.3 Å². The summed E-state index contributed by atoms with van der Waals surface area (Å²) in [7, 11) is -4.21. The minimum absolute atomic E-state index is 0.0851. The SMILES string of the molecule is Cc1cccc(C)c1-c1cc(OCC2(N)CC2CC(C)(C)O)nc(NS(=O)(=O)c2cccc(C(=O)O)c2)n1. The van der Waals surface area contributed by atoms with Gasteiger partial charge in [-0.3, -0.25) is 0 Å². The Hall–Kier alpha value is -3.54. The number of anilines is 1. The summed E-state index contributed by atoms with van der Waals surface area (Å²) in [6, 6.07) is 12.4. The molecule has 1 heterocycles. The number of aryl methyl sites for hydroxylation is 2. The second-order valence-electron chi connectivity index (χ2n) is 10.6. The van der Waals surface area contributed by atoms with E-state index in [4.69, 9.17) is 10.5 Å². The number of rotatable bonds is 10. The van der Waals surface area contributed by atoms with Crippen molar-refractivity contribution >= 4 is 21.9 Å². The van der Waals surface area contributed by atoms with Gasteiger partial charge in [0.1, 0.15) is 6.61 Å². The van der Waals surface area contributed by atoms with Crippen LogP contribution < -0.4 is 15.2 Å². The number of aromatic nitrogens is 2. The van der Waals surface area contributed by atoms with Crippen LogP contribution in [0, 0.1) is 19.8 Å². The van der Waals surface area contributed by atoms with Crippen LogP contribution in [-0.4, -0.2) is 52.3 Å². The van der Waals surface area contributed by atoms with Crippen molar-refractivity contribution in [3.05, 3.63) is 65.2 Å². The molecule has 10 nitrogen and oxygen atoms in total. The number of carboxylic acids is 1. The van der Waals surface area contributed by atoms with Gasteiger partial charge < -0.3 is 20.7 Å². The lowest BCUT2D eigenvalue weighted by Crippen LogP contribution is -2.35. The van der Waals surface area contributed by atoms with Gasteiger partial charge in [0.15, 0.2) is 0 Å². The monoisotopic (exact) mass is 540 g/mol. The molecular formula is C27H32N4O6S. The fourth-order valence-corrected chi connectivity index (χ4v) is 5.52. The van der Waals surface area contributed by atoms with E-state index < -0.39 is 27.1 Å². The molecule has 0 spiro atoms. The van der Waals surface area contributed by atoms with Crippen molar-refractivity contribution in [3.8, 4) is 17.1 Å². The van der Waals surface area contributed by atoms with Crippen molar-refractivity contribution in [3.63, 3.8) is 0 Å². The summed E-state index contributed by atoms with van der Waals surface area (Å²) in [4.78, 5) is 19.8. The zero-order valence-electron chi connectivity index (χ0n) is 21.7. The summed E-state index contributed by atoms with van der Waals surface area (Å²) >= 11 is 0. The molecule has 0 bridgehead atoms. The van der Waals surface area contributed by atoms with E-state index in [1.54, 1.807) is 19.9 Å². The third kappa shape index (κ3) is 6.29. The predicted octanol–water partition coefficient (Wildman–Crippen LogP) is 3.52. The molecule has 2 aromatic carbocycles. The highest BCUT2D eigenvalue weighted by molar-refractivity contribution is 7.92. The van der Waals surface area contributed by atoms with Gasteiger partial charge in [0.05, 0.1) is 27.3 Å². The van der Waals surface area contributed by atoms with Gasteiger partial charge in [-0.15, -0.1) is 0 Å². The second kappa shape index (κ2) is 9.97. The Morgan fingerprint density at radius 2 is 1.82 bits per heavy atom. The zero-order valence-corrected chi connectivity index (χ0v) is 22.5. The van der Waals surface area contributed by atoms with E-state index in [2.05, 4.69) is 14.7 Å². The van der Waals surface area contributed by atoms with Gasteiger partial charge in [0, 0.05) is 11.6 Å². The van der Waals surface area contributed by atoms with Crippen LogP contribution in [0.5, 0.6) is 5.88 Å². The van der Waals surface area contributed by atoms with E-state index >= 15 is 0 Å². The molecule has 5 N–H and O–H groups in total. The summed E-state index contributed by atoms with van der Waals surface area (Å²) < 4.78 is 34.5. The molecule has 2 atom stereocenters. The minimum Gasteiger partial charge on any atom is -0.478 e. The van der Waals surface area contributed by atoms with E-state index in [-0.39, 0.29) is 34.8 Å². The van der Waals surface area contributed by atoms with Crippen LogP contribution in [0.25, 0.3) is 11.3 Å². The lowest BCUT2D eigenvalue weighted by molar-refractivity contribution is 0.0610. The topological polar surface area (TPSA) is 165 Å². The highest BCUT2D eigenvalue weighted by Gasteiger charge is 2.53. The lowest BCUT2D eigenvalue weighted by Gasteiger charge is -2.19. The quantitative estimate of drug-likeness (QED) is 0.301. The third-order valence-corrected chi connectivity index (χ3v) is 7.90. The van der Waals surface area contributed by atoms with Crippen LogP contribution in [0.4, 0.5) is 5.95 Å². The normalized spacial score (nSPS) is 19.2. The summed E-state index contributed by atoms with van der Waals surface area (Å²) in [5.74, 6) is -1.25. The summed E-state index contributed by atoms with van der Waals surface area (Å²) in [5, 5.41) is 19.4. The summed E-state index contributed by atoms with van der Waals surface area (Å²) in [5.41, 5.74) is 7.95. The molecule has 1 aliphatic carbocycles. The Morgan fingerprint density at radius 1 is 1.16 bits per heavy atom. The molecule has 202 valence electrons. The van der Waals surface area contributed by atoms with Gasteiger partial charge in [-0.1, -0.05) is 24.3 Å². The van der Waals surface area contributed by atoms with Crippen LogP contribution in [0.1, 0.15) is 48.2 Å².